The van der Waals surface area contributed by atoms with Crippen LogP contribution in [0, 0.1) is 10.1 Å². The predicted molar refractivity (Wildman–Crippen MR) is 89.7 cm³/mol. The minimum absolute atomic E-state index is 0.00642. The number of aliphatic hydroxyl groups is 1. The number of aliphatic imine (C=N–C) groups is 2. The van der Waals surface area contributed by atoms with E-state index in [1.807, 2.05) is 0 Å². The second-order valence-electron chi connectivity index (χ2n) is 7.85. The van der Waals surface area contributed by atoms with E-state index in [1.54, 1.807) is 0 Å². The number of nitrogens with one attached hydrogen (secondary N) is 2. The number of aliphatic hydroxyl groups excluding tert-OH is 1. The third-order valence-corrected chi connectivity index (χ3v) is 4.26. The van der Waals surface area contributed by atoms with Crippen molar-refractivity contribution >= 4 is 12.4 Å². The predicted octanol–water partition coefficient (Wildman–Crippen LogP) is 0.722. The molecule has 0 saturated carbocycles. The molecular formula is C15H27N5O3. The van der Waals surface area contributed by atoms with E-state index in [9.17, 15) is 15.2 Å². The van der Waals surface area contributed by atoms with Crippen LogP contribution in [0.5, 0.6) is 0 Å². The number of nitro groups is 1. The molecule has 0 aromatic heterocycles. The van der Waals surface area contributed by atoms with Crippen LogP contribution in [0.2, 0.25) is 0 Å². The molecule has 1 saturated heterocycles. The highest BCUT2D eigenvalue weighted by molar-refractivity contribution is 6.17. The maximum absolute atomic E-state index is 11.2. The monoisotopic (exact) mass is 325 g/mol. The maximum atomic E-state index is 11.2. The van der Waals surface area contributed by atoms with Crippen LogP contribution >= 0.6 is 0 Å². The Morgan fingerprint density at radius 3 is 2.30 bits per heavy atom. The first-order chi connectivity index (χ1) is 10.5. The molecule has 0 aromatic carbocycles. The fraction of sp³-hybridized carbons (Fsp3) is 0.867. The van der Waals surface area contributed by atoms with Gasteiger partial charge in [-0.25, -0.2) is 0 Å². The number of hydrogen-bond donors (Lipinski definition) is 3. The lowest BCUT2D eigenvalue weighted by molar-refractivity contribution is -0.568. The average Bonchev–Trinajstić information content (AvgIpc) is 2.82. The van der Waals surface area contributed by atoms with Crippen molar-refractivity contribution in [1.29, 1.82) is 0 Å². The standard InChI is InChI=1S/C15H27N5O3/c1-13(2)7-11(8-14(3,4)19-13)16-10-12(21)9-15(20(22)23)17-5-6-18-15/h5-6,11-12,16,19,21H,7-10H2,1-4H3. The lowest BCUT2D eigenvalue weighted by Crippen LogP contribution is -2.62. The summed E-state index contributed by atoms with van der Waals surface area (Å²) >= 11 is 0. The molecule has 1 fully saturated rings. The molecule has 0 radical (unpaired) electrons. The van der Waals surface area contributed by atoms with E-state index in [0.29, 0.717) is 0 Å². The van der Waals surface area contributed by atoms with Crippen LogP contribution in [-0.2, 0) is 0 Å². The van der Waals surface area contributed by atoms with Crippen molar-refractivity contribution in [3.63, 3.8) is 0 Å². The largest absolute Gasteiger partial charge is 0.414 e. The molecule has 8 nitrogen and oxygen atoms in total. The maximum Gasteiger partial charge on any atom is 0.414 e. The van der Waals surface area contributed by atoms with Crippen LogP contribution in [-0.4, -0.2) is 58.0 Å². The van der Waals surface area contributed by atoms with Crippen molar-refractivity contribution in [2.75, 3.05) is 6.54 Å². The molecule has 1 atom stereocenters. The Morgan fingerprint density at radius 1 is 1.30 bits per heavy atom. The lowest BCUT2D eigenvalue weighted by atomic mass is 9.79. The second-order valence-corrected chi connectivity index (χ2v) is 7.85. The van der Waals surface area contributed by atoms with E-state index in [4.69, 9.17) is 0 Å². The third-order valence-electron chi connectivity index (χ3n) is 4.26. The molecule has 1 unspecified atom stereocenters. The van der Waals surface area contributed by atoms with E-state index in [-0.39, 0.29) is 30.1 Å². The minimum Gasteiger partial charge on any atom is -0.391 e. The SMILES string of the molecule is CC1(C)CC(NCC(O)CC2([N+](=O)[O-])N=CC=N2)CC(C)(C)N1. The number of rotatable bonds is 6. The van der Waals surface area contributed by atoms with Gasteiger partial charge < -0.3 is 15.7 Å². The second kappa shape index (κ2) is 6.26. The highest BCUT2D eigenvalue weighted by Crippen LogP contribution is 2.29. The lowest BCUT2D eigenvalue weighted by Gasteiger charge is -2.47. The quantitative estimate of drug-likeness (QED) is 0.492. The molecule has 23 heavy (non-hydrogen) atoms. The molecule has 8 heteroatoms. The van der Waals surface area contributed by atoms with Gasteiger partial charge in [-0.2, -0.15) is 9.98 Å². The molecule has 2 aliphatic heterocycles. The zero-order valence-electron chi connectivity index (χ0n) is 14.2. The minimum atomic E-state index is -1.76. The first-order valence-corrected chi connectivity index (χ1v) is 7.98. The number of piperidine rings is 1. The highest BCUT2D eigenvalue weighted by Gasteiger charge is 2.45. The van der Waals surface area contributed by atoms with Gasteiger partial charge >= 0.3 is 5.79 Å². The Kier molecular flexibility index (Phi) is 4.89. The van der Waals surface area contributed by atoms with Crippen LogP contribution in [0.15, 0.2) is 9.98 Å². The summed E-state index contributed by atoms with van der Waals surface area (Å²) in [6.07, 6.45) is 3.47. The summed E-state index contributed by atoms with van der Waals surface area (Å²) in [4.78, 5) is 18.2. The summed E-state index contributed by atoms with van der Waals surface area (Å²) in [6, 6.07) is 0.248. The van der Waals surface area contributed by atoms with Gasteiger partial charge in [0.2, 0.25) is 0 Å². The summed E-state index contributed by atoms with van der Waals surface area (Å²) in [7, 11) is 0. The fourth-order valence-electron chi connectivity index (χ4n) is 3.77. The Morgan fingerprint density at radius 2 is 1.83 bits per heavy atom. The summed E-state index contributed by atoms with van der Waals surface area (Å²) in [5.74, 6) is -1.76. The van der Waals surface area contributed by atoms with Crippen molar-refractivity contribution in [3.05, 3.63) is 10.1 Å². The zero-order valence-corrected chi connectivity index (χ0v) is 14.2. The van der Waals surface area contributed by atoms with Gasteiger partial charge in [0, 0.05) is 36.1 Å². The molecule has 0 bridgehead atoms. The van der Waals surface area contributed by atoms with Crippen molar-refractivity contribution in [1.82, 2.24) is 10.6 Å². The van der Waals surface area contributed by atoms with Crippen LogP contribution in [0.3, 0.4) is 0 Å². The first kappa shape index (κ1) is 18.0. The normalized spacial score (nSPS) is 26.3. The third kappa shape index (κ3) is 4.55. The van der Waals surface area contributed by atoms with Gasteiger partial charge in [-0.15, -0.1) is 0 Å². The van der Waals surface area contributed by atoms with Gasteiger partial charge in [-0.3, -0.25) is 10.1 Å². The van der Waals surface area contributed by atoms with Gasteiger partial charge in [-0.05, 0) is 40.5 Å². The Bertz CT molecular complexity index is 487. The van der Waals surface area contributed by atoms with Crippen molar-refractivity contribution < 1.29 is 10.0 Å². The zero-order chi connectivity index (χ0) is 17.3. The summed E-state index contributed by atoms with van der Waals surface area (Å²) in [5.41, 5.74) is 0.0128. The van der Waals surface area contributed by atoms with Gasteiger partial charge in [0.15, 0.2) is 0 Å². The van der Waals surface area contributed by atoms with Gasteiger partial charge in [0.25, 0.3) is 0 Å². The molecule has 130 valence electrons. The molecule has 0 aliphatic carbocycles. The van der Waals surface area contributed by atoms with Gasteiger partial charge in [-0.1, -0.05) is 0 Å². The topological polar surface area (TPSA) is 112 Å². The number of hydrogen-bond acceptors (Lipinski definition) is 7. The van der Waals surface area contributed by atoms with E-state index >= 15 is 0 Å². The average molecular weight is 325 g/mol. The number of nitrogens with zero attached hydrogens (tertiary/aromatic N) is 3. The summed E-state index contributed by atoms with van der Waals surface area (Å²) in [6.45, 7) is 8.91. The Balaban J connectivity index is 1.89. The molecule has 2 aliphatic rings. The van der Waals surface area contributed by atoms with Crippen molar-refractivity contribution in [3.8, 4) is 0 Å². The van der Waals surface area contributed by atoms with Crippen LogP contribution in [0.4, 0.5) is 0 Å². The molecule has 3 N–H and O–H groups in total. The van der Waals surface area contributed by atoms with E-state index in [0.717, 1.165) is 12.8 Å². The molecule has 0 amide bonds. The van der Waals surface area contributed by atoms with Crippen molar-refractivity contribution in [2.45, 2.75) is 76.0 Å². The molecular weight excluding hydrogens is 298 g/mol. The van der Waals surface area contributed by atoms with Gasteiger partial charge in [0.1, 0.15) is 0 Å². The molecule has 2 heterocycles. The fourth-order valence-corrected chi connectivity index (χ4v) is 3.77. The van der Waals surface area contributed by atoms with Crippen LogP contribution in [0.1, 0.15) is 47.0 Å². The van der Waals surface area contributed by atoms with Gasteiger partial charge in [0.05, 0.1) is 17.4 Å². The van der Waals surface area contributed by atoms with Crippen LogP contribution in [0.25, 0.3) is 0 Å². The molecule has 0 aromatic rings. The van der Waals surface area contributed by atoms with Crippen LogP contribution < -0.4 is 10.6 Å². The summed E-state index contributed by atoms with van der Waals surface area (Å²) in [5, 5.41) is 28.3. The smallest absolute Gasteiger partial charge is 0.391 e. The Labute approximate surface area is 136 Å². The van der Waals surface area contributed by atoms with E-state index in [2.05, 4.69) is 48.3 Å². The highest BCUT2D eigenvalue weighted by atomic mass is 16.6. The molecule has 0 spiro atoms. The molecule has 2 rings (SSSR count). The Hall–Kier alpha value is -1.38. The van der Waals surface area contributed by atoms with E-state index < -0.39 is 16.8 Å². The van der Waals surface area contributed by atoms with Crippen molar-refractivity contribution in [2.24, 2.45) is 9.98 Å². The first-order valence-electron chi connectivity index (χ1n) is 7.98. The summed E-state index contributed by atoms with van der Waals surface area (Å²) < 4.78 is 0. The van der Waals surface area contributed by atoms with E-state index in [1.165, 1.54) is 12.4 Å².